The molecule has 0 aromatic carbocycles. The first kappa shape index (κ1) is 9.62. The van der Waals surface area contributed by atoms with E-state index in [9.17, 15) is 0 Å². The molecular formula is C9H13N3O. The Kier molecular flexibility index (Phi) is 2.59. The van der Waals surface area contributed by atoms with Gasteiger partial charge in [-0.25, -0.2) is 0 Å². The van der Waals surface area contributed by atoms with Crippen molar-refractivity contribution in [1.82, 2.24) is 4.57 Å². The standard InChI is InChI=1S/C9H13N3O/c1-6-7(2)12(3-4-13)9(11)8(6)5-10/h13H,3-4,11H2,1-2H3. The molecule has 0 unspecified atom stereocenters. The van der Waals surface area contributed by atoms with E-state index in [1.807, 2.05) is 13.8 Å². The summed E-state index contributed by atoms with van der Waals surface area (Å²) in [4.78, 5) is 0. The average Bonchev–Trinajstić information content (AvgIpc) is 2.31. The summed E-state index contributed by atoms with van der Waals surface area (Å²) in [5.41, 5.74) is 8.09. The van der Waals surface area contributed by atoms with Gasteiger partial charge in [0.15, 0.2) is 0 Å². The molecule has 70 valence electrons. The molecule has 1 rings (SSSR count). The Morgan fingerprint density at radius 1 is 1.54 bits per heavy atom. The maximum absolute atomic E-state index is 8.80. The van der Waals surface area contributed by atoms with Gasteiger partial charge in [-0.15, -0.1) is 0 Å². The Morgan fingerprint density at radius 3 is 2.54 bits per heavy atom. The smallest absolute Gasteiger partial charge is 0.122 e. The quantitative estimate of drug-likeness (QED) is 0.696. The second kappa shape index (κ2) is 3.50. The summed E-state index contributed by atoms with van der Waals surface area (Å²) in [6.07, 6.45) is 0. The van der Waals surface area contributed by atoms with Gasteiger partial charge < -0.3 is 15.4 Å². The second-order valence-electron chi connectivity index (χ2n) is 2.96. The number of nitrogens with zero attached hydrogens (tertiary/aromatic N) is 2. The van der Waals surface area contributed by atoms with E-state index < -0.39 is 0 Å². The second-order valence-corrected chi connectivity index (χ2v) is 2.96. The van der Waals surface area contributed by atoms with E-state index in [-0.39, 0.29) is 6.61 Å². The maximum atomic E-state index is 8.80. The Bertz CT molecular complexity index is 360. The molecule has 0 bridgehead atoms. The highest BCUT2D eigenvalue weighted by atomic mass is 16.3. The fourth-order valence-electron chi connectivity index (χ4n) is 1.42. The molecule has 13 heavy (non-hydrogen) atoms. The lowest BCUT2D eigenvalue weighted by molar-refractivity contribution is 0.276. The monoisotopic (exact) mass is 179 g/mol. The molecule has 0 saturated heterocycles. The molecule has 0 spiro atoms. The molecule has 0 aliphatic heterocycles. The van der Waals surface area contributed by atoms with Gasteiger partial charge in [-0.05, 0) is 19.4 Å². The highest BCUT2D eigenvalue weighted by Crippen LogP contribution is 2.22. The van der Waals surface area contributed by atoms with Gasteiger partial charge in [0.05, 0.1) is 12.2 Å². The van der Waals surface area contributed by atoms with Gasteiger partial charge in [0.25, 0.3) is 0 Å². The summed E-state index contributed by atoms with van der Waals surface area (Å²) in [7, 11) is 0. The molecule has 0 aliphatic rings. The van der Waals surface area contributed by atoms with Gasteiger partial charge in [-0.3, -0.25) is 0 Å². The van der Waals surface area contributed by atoms with Crippen molar-refractivity contribution in [3.63, 3.8) is 0 Å². The third kappa shape index (κ3) is 1.38. The summed E-state index contributed by atoms with van der Waals surface area (Å²) in [5.74, 6) is 0.451. The number of anilines is 1. The Morgan fingerprint density at radius 2 is 2.15 bits per heavy atom. The normalized spacial score (nSPS) is 10.0. The van der Waals surface area contributed by atoms with Gasteiger partial charge in [0.1, 0.15) is 11.9 Å². The summed E-state index contributed by atoms with van der Waals surface area (Å²) < 4.78 is 1.76. The van der Waals surface area contributed by atoms with Gasteiger partial charge in [-0.2, -0.15) is 5.26 Å². The molecule has 0 fully saturated rings. The van der Waals surface area contributed by atoms with Crippen molar-refractivity contribution in [2.75, 3.05) is 12.3 Å². The molecule has 1 heterocycles. The summed E-state index contributed by atoms with van der Waals surface area (Å²) >= 11 is 0. The first-order chi connectivity index (χ1) is 6.13. The molecule has 3 N–H and O–H groups in total. The van der Waals surface area contributed by atoms with Crippen LogP contribution in [0.4, 0.5) is 5.82 Å². The first-order valence-corrected chi connectivity index (χ1v) is 4.09. The maximum Gasteiger partial charge on any atom is 0.122 e. The van der Waals surface area contributed by atoms with Crippen molar-refractivity contribution in [2.45, 2.75) is 20.4 Å². The third-order valence-corrected chi connectivity index (χ3v) is 2.30. The molecule has 0 radical (unpaired) electrons. The fraction of sp³-hybridized carbons (Fsp3) is 0.444. The number of rotatable bonds is 2. The minimum Gasteiger partial charge on any atom is -0.395 e. The molecule has 1 aromatic rings. The van der Waals surface area contributed by atoms with E-state index in [2.05, 4.69) is 6.07 Å². The van der Waals surface area contributed by atoms with Crippen LogP contribution in [0.1, 0.15) is 16.8 Å². The van der Waals surface area contributed by atoms with Gasteiger partial charge in [0.2, 0.25) is 0 Å². The Hall–Kier alpha value is -1.47. The van der Waals surface area contributed by atoms with Crippen LogP contribution in [-0.4, -0.2) is 16.3 Å². The zero-order valence-electron chi connectivity index (χ0n) is 7.83. The lowest BCUT2D eigenvalue weighted by atomic mass is 10.2. The summed E-state index contributed by atoms with van der Waals surface area (Å²) in [6, 6.07) is 2.06. The summed E-state index contributed by atoms with van der Waals surface area (Å²) in [5, 5.41) is 17.6. The molecular weight excluding hydrogens is 166 g/mol. The number of aliphatic hydroxyl groups is 1. The largest absolute Gasteiger partial charge is 0.395 e. The topological polar surface area (TPSA) is 75.0 Å². The van der Waals surface area contributed by atoms with Crippen molar-refractivity contribution in [3.8, 4) is 6.07 Å². The molecule has 0 atom stereocenters. The van der Waals surface area contributed by atoms with Crippen molar-refractivity contribution in [1.29, 1.82) is 5.26 Å². The Labute approximate surface area is 77.2 Å². The van der Waals surface area contributed by atoms with Crippen molar-refractivity contribution < 1.29 is 5.11 Å². The van der Waals surface area contributed by atoms with Crippen LogP contribution in [-0.2, 0) is 6.54 Å². The minimum absolute atomic E-state index is 0.0318. The van der Waals surface area contributed by atoms with Gasteiger partial charge in [0, 0.05) is 12.2 Å². The molecule has 0 saturated carbocycles. The lowest BCUT2D eigenvalue weighted by Gasteiger charge is -2.05. The predicted octanol–water partition coefficient (Wildman–Crippen LogP) is 0.551. The zero-order valence-corrected chi connectivity index (χ0v) is 7.83. The van der Waals surface area contributed by atoms with Crippen LogP contribution in [0.15, 0.2) is 0 Å². The lowest BCUT2D eigenvalue weighted by Crippen LogP contribution is -2.07. The SMILES string of the molecule is Cc1c(C#N)c(N)n(CCO)c1C. The zero-order chi connectivity index (χ0) is 10.0. The number of nitrogen functional groups attached to an aromatic ring is 1. The molecule has 4 heteroatoms. The highest BCUT2D eigenvalue weighted by molar-refractivity contribution is 5.57. The van der Waals surface area contributed by atoms with Crippen LogP contribution in [0.3, 0.4) is 0 Å². The van der Waals surface area contributed by atoms with Crippen LogP contribution >= 0.6 is 0 Å². The van der Waals surface area contributed by atoms with E-state index in [0.717, 1.165) is 11.3 Å². The molecule has 4 nitrogen and oxygen atoms in total. The number of nitriles is 1. The first-order valence-electron chi connectivity index (χ1n) is 4.09. The summed E-state index contributed by atoms with van der Waals surface area (Å²) in [6.45, 7) is 4.23. The molecule has 0 amide bonds. The van der Waals surface area contributed by atoms with E-state index in [4.69, 9.17) is 16.1 Å². The number of aliphatic hydroxyl groups excluding tert-OH is 1. The predicted molar refractivity (Wildman–Crippen MR) is 50.1 cm³/mol. The van der Waals surface area contributed by atoms with Crippen LogP contribution in [0.25, 0.3) is 0 Å². The molecule has 1 aromatic heterocycles. The van der Waals surface area contributed by atoms with Crippen LogP contribution in [0, 0.1) is 25.2 Å². The van der Waals surface area contributed by atoms with Crippen molar-refractivity contribution >= 4 is 5.82 Å². The van der Waals surface area contributed by atoms with E-state index in [1.54, 1.807) is 4.57 Å². The Balaban J connectivity index is 3.30. The van der Waals surface area contributed by atoms with Crippen LogP contribution in [0.2, 0.25) is 0 Å². The number of hydrogen-bond acceptors (Lipinski definition) is 3. The van der Waals surface area contributed by atoms with Gasteiger partial charge >= 0.3 is 0 Å². The van der Waals surface area contributed by atoms with Crippen molar-refractivity contribution in [3.05, 3.63) is 16.8 Å². The number of aromatic nitrogens is 1. The van der Waals surface area contributed by atoms with E-state index in [0.29, 0.717) is 17.9 Å². The van der Waals surface area contributed by atoms with E-state index in [1.165, 1.54) is 0 Å². The molecule has 0 aliphatic carbocycles. The number of nitrogens with two attached hydrogens (primary N) is 1. The fourth-order valence-corrected chi connectivity index (χ4v) is 1.42. The minimum atomic E-state index is 0.0318. The number of hydrogen-bond donors (Lipinski definition) is 2. The van der Waals surface area contributed by atoms with Crippen LogP contribution in [0.5, 0.6) is 0 Å². The third-order valence-electron chi connectivity index (χ3n) is 2.30. The van der Waals surface area contributed by atoms with Crippen molar-refractivity contribution in [2.24, 2.45) is 0 Å². The highest BCUT2D eigenvalue weighted by Gasteiger charge is 2.13. The van der Waals surface area contributed by atoms with Gasteiger partial charge in [-0.1, -0.05) is 0 Å². The van der Waals surface area contributed by atoms with Crippen LogP contribution < -0.4 is 5.73 Å². The van der Waals surface area contributed by atoms with E-state index >= 15 is 0 Å². The average molecular weight is 179 g/mol.